The first kappa shape index (κ1) is 21.8. The summed E-state index contributed by atoms with van der Waals surface area (Å²) in [5, 5.41) is 2.97. The van der Waals surface area contributed by atoms with Crippen molar-refractivity contribution < 1.29 is 19.1 Å². The van der Waals surface area contributed by atoms with E-state index in [4.69, 9.17) is 21.1 Å². The SMILES string of the molecule is CCOC(=O)c1ccc(NC(=O)C(C)Oc2ccc(C(C)(C)C)cc2)c(Cl)c1. The highest BCUT2D eigenvalue weighted by Gasteiger charge is 2.18. The molecule has 0 aliphatic heterocycles. The highest BCUT2D eigenvalue weighted by molar-refractivity contribution is 6.34. The molecule has 0 bridgehead atoms. The van der Waals surface area contributed by atoms with E-state index >= 15 is 0 Å². The van der Waals surface area contributed by atoms with Crippen LogP contribution in [0.15, 0.2) is 42.5 Å². The van der Waals surface area contributed by atoms with E-state index in [1.54, 1.807) is 26.0 Å². The number of halogens is 1. The standard InChI is InChI=1S/C22H26ClNO4/c1-6-27-21(26)15-7-12-19(18(23)13-15)24-20(25)14(2)28-17-10-8-16(9-11-17)22(3,4)5/h7-14H,6H2,1-5H3,(H,24,25). The molecule has 1 atom stereocenters. The minimum atomic E-state index is -0.721. The van der Waals surface area contributed by atoms with Crippen molar-refractivity contribution in [2.24, 2.45) is 0 Å². The van der Waals surface area contributed by atoms with Crippen LogP contribution >= 0.6 is 11.6 Å². The largest absolute Gasteiger partial charge is 0.481 e. The molecule has 0 saturated heterocycles. The average Bonchev–Trinajstić information content (AvgIpc) is 2.63. The van der Waals surface area contributed by atoms with Crippen molar-refractivity contribution in [3.63, 3.8) is 0 Å². The minimum absolute atomic E-state index is 0.0496. The van der Waals surface area contributed by atoms with E-state index in [-0.39, 0.29) is 23.0 Å². The number of rotatable bonds is 6. The summed E-state index contributed by atoms with van der Waals surface area (Å²) < 4.78 is 10.7. The van der Waals surface area contributed by atoms with Crippen molar-refractivity contribution in [3.05, 3.63) is 58.6 Å². The molecule has 2 aromatic rings. The zero-order valence-electron chi connectivity index (χ0n) is 16.8. The van der Waals surface area contributed by atoms with Gasteiger partial charge in [0.2, 0.25) is 0 Å². The molecule has 0 spiro atoms. The van der Waals surface area contributed by atoms with Crippen LogP contribution in [-0.4, -0.2) is 24.6 Å². The number of anilines is 1. The van der Waals surface area contributed by atoms with Crippen molar-refractivity contribution in [1.82, 2.24) is 0 Å². The van der Waals surface area contributed by atoms with Crippen molar-refractivity contribution in [2.75, 3.05) is 11.9 Å². The van der Waals surface area contributed by atoms with Crippen molar-refractivity contribution in [2.45, 2.75) is 46.1 Å². The van der Waals surface area contributed by atoms with Gasteiger partial charge in [-0.15, -0.1) is 0 Å². The third kappa shape index (κ3) is 5.73. The average molecular weight is 404 g/mol. The molecule has 0 aliphatic carbocycles. The molecule has 0 radical (unpaired) electrons. The normalized spacial score (nSPS) is 12.2. The van der Waals surface area contributed by atoms with Crippen LogP contribution in [-0.2, 0) is 14.9 Å². The Morgan fingerprint density at radius 2 is 1.75 bits per heavy atom. The molecule has 6 heteroatoms. The third-order valence-electron chi connectivity index (χ3n) is 4.14. The van der Waals surface area contributed by atoms with Crippen molar-refractivity contribution in [1.29, 1.82) is 0 Å². The maximum absolute atomic E-state index is 12.4. The van der Waals surface area contributed by atoms with E-state index in [9.17, 15) is 9.59 Å². The van der Waals surface area contributed by atoms with Crippen molar-refractivity contribution >= 4 is 29.2 Å². The Balaban J connectivity index is 2.01. The first-order valence-corrected chi connectivity index (χ1v) is 9.54. The molecule has 0 saturated carbocycles. The van der Waals surface area contributed by atoms with Crippen LogP contribution < -0.4 is 10.1 Å². The Kier molecular flexibility index (Phi) is 7.08. The van der Waals surface area contributed by atoms with Gasteiger partial charge in [0.25, 0.3) is 5.91 Å². The molecule has 28 heavy (non-hydrogen) atoms. The summed E-state index contributed by atoms with van der Waals surface area (Å²) in [7, 11) is 0. The Morgan fingerprint density at radius 3 is 2.29 bits per heavy atom. The molecule has 2 rings (SSSR count). The fourth-order valence-corrected chi connectivity index (χ4v) is 2.71. The molecular formula is C22H26ClNO4. The summed E-state index contributed by atoms with van der Waals surface area (Å²) in [6, 6.07) is 12.3. The lowest BCUT2D eigenvalue weighted by Crippen LogP contribution is -2.30. The second-order valence-electron chi connectivity index (χ2n) is 7.44. The highest BCUT2D eigenvalue weighted by Crippen LogP contribution is 2.26. The minimum Gasteiger partial charge on any atom is -0.481 e. The monoisotopic (exact) mass is 403 g/mol. The number of nitrogens with one attached hydrogen (secondary N) is 1. The van der Waals surface area contributed by atoms with Gasteiger partial charge in [-0.3, -0.25) is 4.79 Å². The van der Waals surface area contributed by atoms with Gasteiger partial charge in [-0.1, -0.05) is 44.5 Å². The summed E-state index contributed by atoms with van der Waals surface area (Å²) in [5.41, 5.74) is 1.96. The van der Waals surface area contributed by atoms with E-state index in [1.165, 1.54) is 11.6 Å². The fourth-order valence-electron chi connectivity index (χ4n) is 2.48. The van der Waals surface area contributed by atoms with Gasteiger partial charge in [-0.2, -0.15) is 0 Å². The second kappa shape index (κ2) is 9.11. The molecular weight excluding hydrogens is 378 g/mol. The second-order valence-corrected chi connectivity index (χ2v) is 7.85. The van der Waals surface area contributed by atoms with Crippen LogP contribution in [0.5, 0.6) is 5.75 Å². The molecule has 150 valence electrons. The van der Waals surface area contributed by atoms with Gasteiger partial charge >= 0.3 is 5.97 Å². The van der Waals surface area contributed by atoms with Crippen molar-refractivity contribution in [3.8, 4) is 5.75 Å². The number of amides is 1. The fraction of sp³-hybridized carbons (Fsp3) is 0.364. The molecule has 0 fully saturated rings. The maximum Gasteiger partial charge on any atom is 0.338 e. The van der Waals surface area contributed by atoms with Gasteiger partial charge in [-0.25, -0.2) is 4.79 Å². The first-order valence-electron chi connectivity index (χ1n) is 9.16. The number of benzene rings is 2. The smallest absolute Gasteiger partial charge is 0.338 e. The number of carbonyl (C=O) groups is 2. The van der Waals surface area contributed by atoms with Crippen LogP contribution in [0.1, 0.15) is 50.5 Å². The van der Waals surface area contributed by atoms with Gasteiger partial charge in [0.15, 0.2) is 6.10 Å². The number of esters is 1. The number of carbonyl (C=O) groups excluding carboxylic acids is 2. The zero-order valence-corrected chi connectivity index (χ0v) is 17.6. The van der Waals surface area contributed by atoms with Gasteiger partial charge in [0.05, 0.1) is 22.9 Å². The van der Waals surface area contributed by atoms with E-state index in [2.05, 4.69) is 26.1 Å². The van der Waals surface area contributed by atoms with E-state index in [0.29, 0.717) is 17.0 Å². The molecule has 1 unspecified atom stereocenters. The van der Waals surface area contributed by atoms with Gasteiger partial charge in [0.1, 0.15) is 5.75 Å². The number of hydrogen-bond acceptors (Lipinski definition) is 4. The number of hydrogen-bond donors (Lipinski definition) is 1. The van der Waals surface area contributed by atoms with E-state index < -0.39 is 12.1 Å². The Hall–Kier alpha value is -2.53. The number of ether oxygens (including phenoxy) is 2. The lowest BCUT2D eigenvalue weighted by atomic mass is 9.87. The summed E-state index contributed by atoms with van der Waals surface area (Å²) in [4.78, 5) is 24.2. The predicted molar refractivity (Wildman–Crippen MR) is 111 cm³/mol. The highest BCUT2D eigenvalue weighted by atomic mass is 35.5. The van der Waals surface area contributed by atoms with Gasteiger partial charge < -0.3 is 14.8 Å². The summed E-state index contributed by atoms with van der Waals surface area (Å²) in [5.74, 6) is -0.192. The van der Waals surface area contributed by atoms with Gasteiger partial charge in [-0.05, 0) is 55.2 Å². The molecule has 2 aromatic carbocycles. The zero-order chi connectivity index (χ0) is 20.9. The van der Waals surface area contributed by atoms with Crippen LogP contribution in [0, 0.1) is 0 Å². The van der Waals surface area contributed by atoms with Crippen LogP contribution in [0.3, 0.4) is 0 Å². The Bertz CT molecular complexity index is 841. The predicted octanol–water partition coefficient (Wildman–Crippen LogP) is 5.22. The maximum atomic E-state index is 12.4. The van der Waals surface area contributed by atoms with Crippen LogP contribution in [0.4, 0.5) is 5.69 Å². The molecule has 1 amide bonds. The Morgan fingerprint density at radius 1 is 1.11 bits per heavy atom. The molecule has 0 aliphatic rings. The molecule has 0 aromatic heterocycles. The van der Waals surface area contributed by atoms with Crippen LogP contribution in [0.2, 0.25) is 5.02 Å². The topological polar surface area (TPSA) is 64.6 Å². The summed E-state index contributed by atoms with van der Waals surface area (Å²) in [6.07, 6.45) is -0.721. The molecule has 1 N–H and O–H groups in total. The molecule has 0 heterocycles. The first-order chi connectivity index (χ1) is 13.1. The quantitative estimate of drug-likeness (QED) is 0.671. The van der Waals surface area contributed by atoms with E-state index in [0.717, 1.165) is 0 Å². The Labute approximate surface area is 171 Å². The molecule has 5 nitrogen and oxygen atoms in total. The lowest BCUT2D eigenvalue weighted by molar-refractivity contribution is -0.122. The van der Waals surface area contributed by atoms with Gasteiger partial charge in [0, 0.05) is 0 Å². The van der Waals surface area contributed by atoms with Crippen LogP contribution in [0.25, 0.3) is 0 Å². The summed E-state index contributed by atoms with van der Waals surface area (Å²) in [6.45, 7) is 10.1. The summed E-state index contributed by atoms with van der Waals surface area (Å²) >= 11 is 6.18. The third-order valence-corrected chi connectivity index (χ3v) is 4.45. The lowest BCUT2D eigenvalue weighted by Gasteiger charge is -2.20. The van der Waals surface area contributed by atoms with E-state index in [1.807, 2.05) is 24.3 Å².